The van der Waals surface area contributed by atoms with Crippen LogP contribution in [-0.2, 0) is 0 Å². The van der Waals surface area contributed by atoms with Gasteiger partial charge in [-0.1, -0.05) is 0 Å². The number of carbonyl (C=O) groups is 1. The summed E-state index contributed by atoms with van der Waals surface area (Å²) in [4.78, 5) is 13.9. The van der Waals surface area contributed by atoms with Gasteiger partial charge in [-0.05, 0) is 24.3 Å². The van der Waals surface area contributed by atoms with Gasteiger partial charge in [0.1, 0.15) is 0 Å². The summed E-state index contributed by atoms with van der Waals surface area (Å²) < 4.78 is 0. The lowest BCUT2D eigenvalue weighted by atomic mass is 10.2. The molecule has 0 radical (unpaired) electrons. The van der Waals surface area contributed by atoms with Crippen LogP contribution in [0.4, 0.5) is 0 Å². The largest absolute Gasteiger partial charge is 0.334 e. The first-order valence-corrected chi connectivity index (χ1v) is 5.80. The van der Waals surface area contributed by atoms with Crippen LogP contribution in [0.3, 0.4) is 0 Å². The Kier molecular flexibility index (Phi) is 2.84. The molecule has 1 unspecified atom stereocenters. The number of rotatable bonds is 2. The Morgan fingerprint density at radius 3 is 3.21 bits per heavy atom. The zero-order chi connectivity index (χ0) is 9.97. The molecule has 0 aromatic carbocycles. The van der Waals surface area contributed by atoms with Crippen molar-refractivity contribution in [3.8, 4) is 0 Å². The number of nitrogens with two attached hydrogens (primary N) is 1. The maximum Gasteiger partial charge on any atom is 0.254 e. The van der Waals surface area contributed by atoms with Crippen molar-refractivity contribution in [2.75, 3.05) is 13.1 Å². The third kappa shape index (κ3) is 1.67. The van der Waals surface area contributed by atoms with Crippen LogP contribution in [-0.4, -0.2) is 29.9 Å². The van der Waals surface area contributed by atoms with Crippen LogP contribution in [0, 0.1) is 0 Å². The molecule has 1 saturated heterocycles. The first-order valence-electron chi connectivity index (χ1n) is 4.86. The van der Waals surface area contributed by atoms with Crippen molar-refractivity contribution in [1.82, 2.24) is 4.90 Å². The number of likely N-dealkylation sites (tertiary alicyclic amines) is 1. The summed E-state index contributed by atoms with van der Waals surface area (Å²) in [5, 5.41) is 3.83. The smallest absolute Gasteiger partial charge is 0.254 e. The molecule has 2 rings (SSSR count). The predicted molar refractivity (Wildman–Crippen MR) is 57.4 cm³/mol. The van der Waals surface area contributed by atoms with E-state index in [9.17, 15) is 4.79 Å². The molecule has 1 aliphatic rings. The summed E-state index contributed by atoms with van der Waals surface area (Å²) >= 11 is 1.56. The Morgan fingerprint density at radius 1 is 1.71 bits per heavy atom. The number of hydrogen-bond acceptors (Lipinski definition) is 3. The van der Waals surface area contributed by atoms with Gasteiger partial charge in [-0.2, -0.15) is 11.3 Å². The molecule has 1 aromatic heterocycles. The molecule has 0 aliphatic carbocycles. The zero-order valence-corrected chi connectivity index (χ0v) is 8.80. The van der Waals surface area contributed by atoms with Crippen molar-refractivity contribution in [3.63, 3.8) is 0 Å². The lowest BCUT2D eigenvalue weighted by Crippen LogP contribution is -2.39. The van der Waals surface area contributed by atoms with Crippen LogP contribution in [0.15, 0.2) is 16.8 Å². The first-order chi connectivity index (χ1) is 6.83. The van der Waals surface area contributed by atoms with Crippen molar-refractivity contribution < 1.29 is 4.79 Å². The predicted octanol–water partition coefficient (Wildman–Crippen LogP) is 1.31. The Balaban J connectivity index is 2.11. The molecule has 2 N–H and O–H groups in total. The lowest BCUT2D eigenvalue weighted by molar-refractivity contribution is 0.0742. The van der Waals surface area contributed by atoms with Gasteiger partial charge in [0.05, 0.1) is 5.56 Å². The van der Waals surface area contributed by atoms with Crippen LogP contribution in [0.2, 0.25) is 0 Å². The zero-order valence-electron chi connectivity index (χ0n) is 7.98. The van der Waals surface area contributed by atoms with E-state index in [1.165, 1.54) is 0 Å². The van der Waals surface area contributed by atoms with E-state index in [1.54, 1.807) is 11.3 Å². The standard InChI is InChI=1S/C10H14N2OS/c11-6-9-2-1-4-12(9)10(13)8-3-5-14-7-8/h3,5,7,9H,1-2,4,6,11H2. The number of hydrogen-bond donors (Lipinski definition) is 1. The minimum absolute atomic E-state index is 0.138. The average molecular weight is 210 g/mol. The Bertz CT molecular complexity index is 310. The van der Waals surface area contributed by atoms with Gasteiger partial charge in [0, 0.05) is 24.5 Å². The van der Waals surface area contributed by atoms with E-state index in [0.29, 0.717) is 6.54 Å². The normalized spacial score (nSPS) is 21.5. The highest BCUT2D eigenvalue weighted by molar-refractivity contribution is 7.08. The van der Waals surface area contributed by atoms with Crippen molar-refractivity contribution in [1.29, 1.82) is 0 Å². The van der Waals surface area contributed by atoms with E-state index in [4.69, 9.17) is 5.73 Å². The van der Waals surface area contributed by atoms with E-state index in [-0.39, 0.29) is 11.9 Å². The van der Waals surface area contributed by atoms with Crippen LogP contribution in [0.5, 0.6) is 0 Å². The van der Waals surface area contributed by atoms with Crippen LogP contribution >= 0.6 is 11.3 Å². The van der Waals surface area contributed by atoms with Gasteiger partial charge in [0.25, 0.3) is 5.91 Å². The van der Waals surface area contributed by atoms with Crippen molar-refractivity contribution in [2.24, 2.45) is 5.73 Å². The quantitative estimate of drug-likeness (QED) is 0.800. The van der Waals surface area contributed by atoms with Crippen molar-refractivity contribution in [2.45, 2.75) is 18.9 Å². The highest BCUT2D eigenvalue weighted by Gasteiger charge is 2.28. The molecule has 0 bridgehead atoms. The lowest BCUT2D eigenvalue weighted by Gasteiger charge is -2.22. The minimum Gasteiger partial charge on any atom is -0.334 e. The van der Waals surface area contributed by atoms with Crippen LogP contribution in [0.1, 0.15) is 23.2 Å². The second kappa shape index (κ2) is 4.11. The molecule has 1 amide bonds. The van der Waals surface area contributed by atoms with Gasteiger partial charge < -0.3 is 10.6 Å². The molecular formula is C10H14N2OS. The third-order valence-electron chi connectivity index (χ3n) is 2.68. The van der Waals surface area contributed by atoms with Gasteiger partial charge in [0.2, 0.25) is 0 Å². The van der Waals surface area contributed by atoms with E-state index >= 15 is 0 Å². The molecule has 0 spiro atoms. The highest BCUT2D eigenvalue weighted by atomic mass is 32.1. The van der Waals surface area contributed by atoms with Gasteiger partial charge >= 0.3 is 0 Å². The van der Waals surface area contributed by atoms with E-state index in [0.717, 1.165) is 24.9 Å². The maximum absolute atomic E-state index is 12.0. The summed E-state index contributed by atoms with van der Waals surface area (Å²) in [7, 11) is 0. The molecule has 3 nitrogen and oxygen atoms in total. The maximum atomic E-state index is 12.0. The van der Waals surface area contributed by atoms with Crippen LogP contribution in [0.25, 0.3) is 0 Å². The van der Waals surface area contributed by atoms with Crippen molar-refractivity contribution in [3.05, 3.63) is 22.4 Å². The van der Waals surface area contributed by atoms with E-state index in [1.807, 2.05) is 21.7 Å². The Hall–Kier alpha value is -0.870. The fourth-order valence-electron chi connectivity index (χ4n) is 1.90. The molecule has 4 heteroatoms. The second-order valence-electron chi connectivity index (χ2n) is 3.54. The number of nitrogens with zero attached hydrogens (tertiary/aromatic N) is 1. The van der Waals surface area contributed by atoms with Gasteiger partial charge in [0.15, 0.2) is 0 Å². The van der Waals surface area contributed by atoms with E-state index < -0.39 is 0 Å². The minimum atomic E-state index is 0.138. The van der Waals surface area contributed by atoms with Gasteiger partial charge in [-0.25, -0.2) is 0 Å². The van der Waals surface area contributed by atoms with Gasteiger partial charge in [-0.15, -0.1) is 0 Å². The number of amides is 1. The van der Waals surface area contributed by atoms with Crippen molar-refractivity contribution >= 4 is 17.2 Å². The molecule has 1 fully saturated rings. The molecule has 1 aliphatic heterocycles. The first kappa shape index (κ1) is 9.68. The molecule has 1 aromatic rings. The molecule has 2 heterocycles. The SMILES string of the molecule is NCC1CCCN1C(=O)c1ccsc1. The molecule has 0 saturated carbocycles. The summed E-state index contributed by atoms with van der Waals surface area (Å²) in [6, 6.07) is 2.13. The summed E-state index contributed by atoms with van der Waals surface area (Å²) in [6.45, 7) is 1.44. The highest BCUT2D eigenvalue weighted by Crippen LogP contribution is 2.20. The van der Waals surface area contributed by atoms with E-state index in [2.05, 4.69) is 0 Å². The molecule has 76 valence electrons. The molecule has 1 atom stereocenters. The summed E-state index contributed by atoms with van der Waals surface area (Å²) in [6.07, 6.45) is 2.13. The third-order valence-corrected chi connectivity index (χ3v) is 3.36. The fourth-order valence-corrected chi connectivity index (χ4v) is 2.53. The molecular weight excluding hydrogens is 196 g/mol. The fraction of sp³-hybridized carbons (Fsp3) is 0.500. The molecule has 14 heavy (non-hydrogen) atoms. The number of carbonyl (C=O) groups excluding carboxylic acids is 1. The number of thiophene rings is 1. The summed E-state index contributed by atoms with van der Waals surface area (Å²) in [5.74, 6) is 0.138. The Labute approximate surface area is 87.5 Å². The monoisotopic (exact) mass is 210 g/mol. The topological polar surface area (TPSA) is 46.3 Å². The second-order valence-corrected chi connectivity index (χ2v) is 4.32. The van der Waals surface area contributed by atoms with Crippen LogP contribution < -0.4 is 5.73 Å². The average Bonchev–Trinajstić information content (AvgIpc) is 2.87. The van der Waals surface area contributed by atoms with Gasteiger partial charge in [-0.3, -0.25) is 4.79 Å². The summed E-state index contributed by atoms with van der Waals surface area (Å²) in [5.41, 5.74) is 6.43. The Morgan fingerprint density at radius 2 is 2.57 bits per heavy atom.